The Balaban J connectivity index is 1.66. The summed E-state index contributed by atoms with van der Waals surface area (Å²) >= 11 is 13.5. The van der Waals surface area contributed by atoms with Gasteiger partial charge in [-0.15, -0.1) is 5.10 Å². The van der Waals surface area contributed by atoms with Crippen molar-refractivity contribution in [1.82, 2.24) is 25.0 Å². The second-order valence-electron chi connectivity index (χ2n) is 7.21. The number of hydrogen-bond donors (Lipinski definition) is 2. The van der Waals surface area contributed by atoms with Gasteiger partial charge in [0.15, 0.2) is 0 Å². The first-order chi connectivity index (χ1) is 15.4. The third-order valence-corrected chi connectivity index (χ3v) is 6.84. The Morgan fingerprint density at radius 2 is 2.06 bits per heavy atom. The number of halogens is 2. The second kappa shape index (κ2) is 10.0. The van der Waals surface area contributed by atoms with E-state index >= 15 is 0 Å². The number of thioether (sulfide) groups is 1. The number of ether oxygens (including phenoxy) is 2. The van der Waals surface area contributed by atoms with Crippen molar-refractivity contribution in [3.05, 3.63) is 52.5 Å². The number of aromatic nitrogens is 5. The fraction of sp³-hybridized carbons (Fsp3) is 0.400. The van der Waals surface area contributed by atoms with Crippen molar-refractivity contribution in [3.63, 3.8) is 0 Å². The Morgan fingerprint density at radius 3 is 2.75 bits per heavy atom. The monoisotopic (exact) mass is 497 g/mol. The van der Waals surface area contributed by atoms with E-state index < -0.39 is 29.8 Å². The van der Waals surface area contributed by atoms with Crippen LogP contribution in [0.25, 0.3) is 11.4 Å². The molecule has 12 heteroatoms. The zero-order chi connectivity index (χ0) is 22.8. The molecular weight excluding hydrogens is 477 g/mol. The van der Waals surface area contributed by atoms with Crippen molar-refractivity contribution in [2.45, 2.75) is 41.6 Å². The van der Waals surface area contributed by atoms with Crippen molar-refractivity contribution in [2.24, 2.45) is 0 Å². The maximum absolute atomic E-state index is 10.9. The van der Waals surface area contributed by atoms with E-state index in [-0.39, 0.29) is 6.61 Å². The number of rotatable bonds is 6. The van der Waals surface area contributed by atoms with Gasteiger partial charge in [-0.2, -0.15) is 0 Å². The van der Waals surface area contributed by atoms with Crippen LogP contribution in [0.5, 0.6) is 0 Å². The maximum atomic E-state index is 10.9. The number of methoxy groups -OCH3 is 1. The predicted molar refractivity (Wildman–Crippen MR) is 120 cm³/mol. The topological polar surface area (TPSA) is 115 Å². The van der Waals surface area contributed by atoms with E-state index in [1.165, 1.54) is 29.8 Å². The summed E-state index contributed by atoms with van der Waals surface area (Å²) in [5.74, 6) is 0. The average Bonchev–Trinajstić information content (AvgIpc) is 3.26. The molecular formula is C20H21Cl2N5O4S. The molecule has 2 N–H and O–H groups in total. The van der Waals surface area contributed by atoms with Crippen molar-refractivity contribution >= 4 is 35.0 Å². The minimum absolute atomic E-state index is 0.377. The predicted octanol–water partition coefficient (Wildman–Crippen LogP) is 2.78. The molecule has 0 radical (unpaired) electrons. The van der Waals surface area contributed by atoms with Gasteiger partial charge in [-0.3, -0.25) is 4.98 Å². The van der Waals surface area contributed by atoms with Gasteiger partial charge >= 0.3 is 0 Å². The molecule has 0 amide bonds. The summed E-state index contributed by atoms with van der Waals surface area (Å²) in [4.78, 5) is 9.29. The Hall–Kier alpha value is -1.79. The first kappa shape index (κ1) is 23.4. The molecule has 9 nitrogen and oxygen atoms in total. The van der Waals surface area contributed by atoms with Crippen LogP contribution in [0, 0.1) is 6.92 Å². The number of aliphatic hydroxyl groups excluding tert-OH is 2. The number of pyridine rings is 2. The molecule has 170 valence electrons. The highest BCUT2D eigenvalue weighted by Gasteiger charge is 2.47. The van der Waals surface area contributed by atoms with Crippen LogP contribution in [0.2, 0.25) is 10.0 Å². The van der Waals surface area contributed by atoms with Crippen LogP contribution in [0.1, 0.15) is 11.7 Å². The van der Waals surface area contributed by atoms with Crippen LogP contribution in [-0.4, -0.2) is 72.6 Å². The lowest BCUT2D eigenvalue weighted by Crippen LogP contribution is -2.55. The Bertz CT molecular complexity index is 1090. The molecule has 0 saturated carbocycles. The molecule has 1 aliphatic rings. The molecule has 0 aromatic carbocycles. The zero-order valence-electron chi connectivity index (χ0n) is 17.2. The highest BCUT2D eigenvalue weighted by Crippen LogP contribution is 2.39. The van der Waals surface area contributed by atoms with Crippen LogP contribution in [-0.2, 0) is 9.47 Å². The Labute approximate surface area is 198 Å². The molecule has 0 aliphatic carbocycles. The highest BCUT2D eigenvalue weighted by molar-refractivity contribution is 7.99. The normalized spacial score (nSPS) is 25.8. The molecule has 4 heterocycles. The van der Waals surface area contributed by atoms with Crippen LogP contribution < -0.4 is 0 Å². The smallest absolute Gasteiger partial charge is 0.136 e. The van der Waals surface area contributed by atoms with E-state index in [2.05, 4.69) is 20.3 Å². The third kappa shape index (κ3) is 4.76. The number of aryl methyl sites for hydroxylation is 1. The molecule has 1 fully saturated rings. The molecule has 5 atom stereocenters. The van der Waals surface area contributed by atoms with Crippen molar-refractivity contribution in [3.8, 4) is 11.4 Å². The highest BCUT2D eigenvalue weighted by atomic mass is 35.5. The third-order valence-electron chi connectivity index (χ3n) is 5.13. The quantitative estimate of drug-likeness (QED) is 0.529. The molecule has 32 heavy (non-hydrogen) atoms. The summed E-state index contributed by atoms with van der Waals surface area (Å²) in [6.45, 7) is 1.43. The van der Waals surface area contributed by atoms with E-state index in [0.717, 1.165) is 4.90 Å². The van der Waals surface area contributed by atoms with Crippen LogP contribution in [0.15, 0.2) is 41.7 Å². The van der Waals surface area contributed by atoms with E-state index in [0.29, 0.717) is 27.1 Å². The van der Waals surface area contributed by atoms with Gasteiger partial charge in [0.2, 0.25) is 0 Å². The number of hydrogen-bond acceptors (Lipinski definition) is 9. The Morgan fingerprint density at radius 1 is 1.25 bits per heavy atom. The van der Waals surface area contributed by atoms with E-state index in [4.69, 9.17) is 32.7 Å². The van der Waals surface area contributed by atoms with Crippen LogP contribution in [0.4, 0.5) is 0 Å². The fourth-order valence-corrected chi connectivity index (χ4v) is 5.06. The lowest BCUT2D eigenvalue weighted by molar-refractivity contribution is -0.186. The first-order valence-corrected chi connectivity index (χ1v) is 11.3. The SMILES string of the molecule is COC1C(Sc2cncc(Cl)c2)OC(CO)C(O)C1n1cc(-c2ccc(Cl)c(C)n2)nn1. The summed E-state index contributed by atoms with van der Waals surface area (Å²) in [7, 11) is 1.53. The number of nitrogens with zero attached hydrogens (tertiary/aromatic N) is 5. The fourth-order valence-electron chi connectivity index (χ4n) is 3.53. The largest absolute Gasteiger partial charge is 0.394 e. The van der Waals surface area contributed by atoms with Gasteiger partial charge < -0.3 is 19.7 Å². The Kier molecular flexibility index (Phi) is 7.30. The molecule has 5 unspecified atom stereocenters. The second-order valence-corrected chi connectivity index (χ2v) is 9.23. The van der Waals surface area contributed by atoms with E-state index in [1.807, 2.05) is 0 Å². The molecule has 0 spiro atoms. The summed E-state index contributed by atoms with van der Waals surface area (Å²) < 4.78 is 13.2. The molecule has 1 aliphatic heterocycles. The van der Waals surface area contributed by atoms with E-state index in [9.17, 15) is 10.2 Å². The summed E-state index contributed by atoms with van der Waals surface area (Å²) in [5.41, 5.74) is 1.21. The summed E-state index contributed by atoms with van der Waals surface area (Å²) in [6, 6.07) is 4.57. The molecule has 3 aromatic heterocycles. The lowest BCUT2D eigenvalue weighted by atomic mass is 9.97. The van der Waals surface area contributed by atoms with E-state index in [1.54, 1.807) is 37.5 Å². The summed E-state index contributed by atoms with van der Waals surface area (Å²) in [5, 5.41) is 30.2. The molecule has 4 rings (SSSR count). The van der Waals surface area contributed by atoms with Crippen LogP contribution >= 0.6 is 35.0 Å². The molecule has 3 aromatic rings. The van der Waals surface area contributed by atoms with Crippen molar-refractivity contribution in [2.75, 3.05) is 13.7 Å². The summed E-state index contributed by atoms with van der Waals surface area (Å²) in [6.07, 6.45) is 2.31. The average molecular weight is 498 g/mol. The number of aliphatic hydroxyl groups is 2. The maximum Gasteiger partial charge on any atom is 0.136 e. The first-order valence-electron chi connectivity index (χ1n) is 9.71. The van der Waals surface area contributed by atoms with Crippen molar-refractivity contribution in [1.29, 1.82) is 0 Å². The minimum atomic E-state index is -1.09. The van der Waals surface area contributed by atoms with Gasteiger partial charge in [0, 0.05) is 24.4 Å². The van der Waals surface area contributed by atoms with Gasteiger partial charge in [0.25, 0.3) is 0 Å². The van der Waals surface area contributed by atoms with Gasteiger partial charge in [0.1, 0.15) is 35.5 Å². The molecule has 1 saturated heterocycles. The standard InChI is InChI=1S/C20H21Cl2N5O4S/c1-10-13(22)3-4-14(24-10)15-8-27(26-25-15)17-18(29)16(9-28)31-20(19(17)30-2)32-12-5-11(21)6-23-7-12/h3-8,16-20,28-29H,9H2,1-2H3. The van der Waals surface area contributed by atoms with Gasteiger partial charge in [-0.25, -0.2) is 9.67 Å². The molecule has 0 bridgehead atoms. The lowest BCUT2D eigenvalue weighted by Gasteiger charge is -2.43. The van der Waals surface area contributed by atoms with Crippen molar-refractivity contribution < 1.29 is 19.7 Å². The van der Waals surface area contributed by atoms with Gasteiger partial charge in [0.05, 0.1) is 34.2 Å². The van der Waals surface area contributed by atoms with Crippen LogP contribution in [0.3, 0.4) is 0 Å². The zero-order valence-corrected chi connectivity index (χ0v) is 19.5. The van der Waals surface area contributed by atoms with Gasteiger partial charge in [-0.1, -0.05) is 40.2 Å². The van der Waals surface area contributed by atoms with Gasteiger partial charge in [-0.05, 0) is 25.1 Å². The minimum Gasteiger partial charge on any atom is -0.394 e.